The topological polar surface area (TPSA) is 41.6 Å². The Kier molecular flexibility index (Phi) is 5.46. The number of H-pyrrole nitrogens is 1. The van der Waals surface area contributed by atoms with Crippen LogP contribution in [0.5, 0.6) is 0 Å². The summed E-state index contributed by atoms with van der Waals surface area (Å²) in [5.74, 6) is 0. The highest BCUT2D eigenvalue weighted by Gasteiger charge is 2.09. The number of nitrogens with zero attached hydrogens (tertiary/aromatic N) is 2. The van der Waals surface area contributed by atoms with Crippen molar-refractivity contribution < 1.29 is 0 Å². The molecular formula is C38H25N3. The van der Waals surface area contributed by atoms with Crippen molar-refractivity contribution in [1.82, 2.24) is 15.0 Å². The van der Waals surface area contributed by atoms with Crippen molar-refractivity contribution in [3.8, 4) is 11.3 Å². The predicted molar refractivity (Wildman–Crippen MR) is 171 cm³/mol. The summed E-state index contributed by atoms with van der Waals surface area (Å²) >= 11 is 0. The van der Waals surface area contributed by atoms with Crippen LogP contribution in [0.1, 0.15) is 11.3 Å². The van der Waals surface area contributed by atoms with E-state index in [0.717, 1.165) is 44.0 Å². The van der Waals surface area contributed by atoms with E-state index < -0.39 is 0 Å². The molecule has 0 aliphatic carbocycles. The Balaban J connectivity index is 1.35. The summed E-state index contributed by atoms with van der Waals surface area (Å²) in [5.41, 5.74) is 4.18. The van der Waals surface area contributed by atoms with E-state index in [9.17, 15) is 0 Å². The van der Waals surface area contributed by atoms with Gasteiger partial charge in [-0.25, -0.2) is 0 Å². The summed E-state index contributed by atoms with van der Waals surface area (Å²) in [6.07, 6.45) is 8.25. The third-order valence-corrected chi connectivity index (χ3v) is 7.86. The minimum Gasteiger partial charge on any atom is -0.354 e. The second-order valence-electron chi connectivity index (χ2n) is 10.4. The molecule has 0 aliphatic heterocycles. The number of aromatic amines is 1. The lowest BCUT2D eigenvalue weighted by atomic mass is 9.97. The fraction of sp³-hybridized carbons (Fsp3) is 0. The van der Waals surface area contributed by atoms with Gasteiger partial charge in [0.1, 0.15) is 0 Å². The Bertz CT molecular complexity index is 2380. The van der Waals surface area contributed by atoms with E-state index in [-0.39, 0.29) is 0 Å². The fourth-order valence-corrected chi connectivity index (χ4v) is 5.88. The monoisotopic (exact) mass is 523 g/mol. The summed E-state index contributed by atoms with van der Waals surface area (Å²) in [6.45, 7) is 0. The third-order valence-electron chi connectivity index (χ3n) is 7.86. The Hall–Kier alpha value is -5.54. The lowest BCUT2D eigenvalue weighted by Gasteiger charge is -2.09. The van der Waals surface area contributed by atoms with Crippen molar-refractivity contribution >= 4 is 55.2 Å². The van der Waals surface area contributed by atoms with Crippen LogP contribution < -0.4 is 10.7 Å². The molecule has 192 valence electrons. The lowest BCUT2D eigenvalue weighted by Crippen LogP contribution is -2.10. The molecule has 3 nitrogen and oxygen atoms in total. The first kappa shape index (κ1) is 23.4. The van der Waals surface area contributed by atoms with E-state index in [1.54, 1.807) is 0 Å². The summed E-state index contributed by atoms with van der Waals surface area (Å²) < 4.78 is 0. The number of hydrogen-bond acceptors (Lipinski definition) is 2. The largest absolute Gasteiger partial charge is 0.354 e. The number of benzene rings is 5. The van der Waals surface area contributed by atoms with Crippen LogP contribution in [0.3, 0.4) is 0 Å². The van der Waals surface area contributed by atoms with E-state index >= 15 is 0 Å². The molecule has 8 aromatic rings. The van der Waals surface area contributed by atoms with Crippen LogP contribution in [0, 0.1) is 0 Å². The average molecular weight is 524 g/mol. The Morgan fingerprint density at radius 3 is 1.93 bits per heavy atom. The Morgan fingerprint density at radius 1 is 0.488 bits per heavy atom. The molecule has 5 aromatic carbocycles. The molecule has 0 aliphatic rings. The second-order valence-corrected chi connectivity index (χ2v) is 10.4. The molecule has 41 heavy (non-hydrogen) atoms. The number of aromatic nitrogens is 3. The normalized spacial score (nSPS) is 12.7. The standard InChI is InChI=1S/C38H25N3/c1-2-12-29-24-40-35(22-27(29)10-1)34-20-25(19-28-11-4-5-13-30(28)34)21-37-32-15-7-8-16-33(32)38(41-37)23-36-31-14-6-3-9-26(31)17-18-39-36/h1-24,41H/b37-21-,38-23-. The van der Waals surface area contributed by atoms with Gasteiger partial charge >= 0.3 is 0 Å². The maximum atomic E-state index is 4.87. The number of fused-ring (bicyclic) bond motifs is 4. The average Bonchev–Trinajstić information content (AvgIpc) is 3.37. The molecule has 0 saturated heterocycles. The van der Waals surface area contributed by atoms with Crippen molar-refractivity contribution in [2.24, 2.45) is 0 Å². The van der Waals surface area contributed by atoms with Gasteiger partial charge in [-0.15, -0.1) is 0 Å². The first-order valence-corrected chi connectivity index (χ1v) is 13.8. The van der Waals surface area contributed by atoms with Crippen molar-refractivity contribution in [2.75, 3.05) is 0 Å². The van der Waals surface area contributed by atoms with Gasteiger partial charge in [-0.3, -0.25) is 9.97 Å². The van der Waals surface area contributed by atoms with Gasteiger partial charge in [-0.2, -0.15) is 0 Å². The van der Waals surface area contributed by atoms with Gasteiger partial charge in [0, 0.05) is 50.2 Å². The quantitative estimate of drug-likeness (QED) is 0.257. The van der Waals surface area contributed by atoms with Crippen LogP contribution in [0.25, 0.3) is 66.5 Å². The van der Waals surface area contributed by atoms with Crippen LogP contribution >= 0.6 is 0 Å². The second kappa shape index (κ2) is 9.58. The molecule has 0 atom stereocenters. The van der Waals surface area contributed by atoms with Gasteiger partial charge in [-0.1, -0.05) is 97.1 Å². The van der Waals surface area contributed by atoms with Crippen molar-refractivity contribution in [3.63, 3.8) is 0 Å². The molecule has 0 fully saturated rings. The summed E-state index contributed by atoms with van der Waals surface area (Å²) in [4.78, 5) is 13.3. The maximum Gasteiger partial charge on any atom is 0.0728 e. The number of hydrogen-bond donors (Lipinski definition) is 1. The van der Waals surface area contributed by atoms with Crippen molar-refractivity contribution in [3.05, 3.63) is 156 Å². The van der Waals surface area contributed by atoms with Crippen LogP contribution in [-0.2, 0) is 0 Å². The van der Waals surface area contributed by atoms with Gasteiger partial charge in [0.2, 0.25) is 0 Å². The molecule has 3 heterocycles. The molecule has 8 rings (SSSR count). The minimum atomic E-state index is 0.956. The zero-order chi connectivity index (χ0) is 27.2. The third kappa shape index (κ3) is 4.16. The zero-order valence-corrected chi connectivity index (χ0v) is 22.3. The van der Waals surface area contributed by atoms with Crippen molar-refractivity contribution in [1.29, 1.82) is 0 Å². The molecule has 0 radical (unpaired) electrons. The highest BCUT2D eigenvalue weighted by atomic mass is 14.7. The smallest absolute Gasteiger partial charge is 0.0728 e. The highest BCUT2D eigenvalue weighted by Crippen LogP contribution is 2.31. The molecule has 0 unspecified atom stereocenters. The van der Waals surface area contributed by atoms with Crippen LogP contribution in [-0.4, -0.2) is 15.0 Å². The summed E-state index contributed by atoms with van der Waals surface area (Å²) in [7, 11) is 0. The molecule has 0 spiro atoms. The first-order chi connectivity index (χ1) is 20.3. The predicted octanol–water partition coefficient (Wildman–Crippen LogP) is 7.74. The van der Waals surface area contributed by atoms with Gasteiger partial charge < -0.3 is 4.98 Å². The molecule has 0 amide bonds. The van der Waals surface area contributed by atoms with Crippen LogP contribution in [0.2, 0.25) is 0 Å². The molecule has 0 bridgehead atoms. The Morgan fingerprint density at radius 2 is 1.12 bits per heavy atom. The van der Waals surface area contributed by atoms with E-state index in [2.05, 4.69) is 138 Å². The van der Waals surface area contributed by atoms with Gasteiger partial charge in [0.05, 0.1) is 11.4 Å². The number of nitrogens with one attached hydrogen (secondary N) is 1. The van der Waals surface area contributed by atoms with E-state index in [1.807, 2.05) is 12.4 Å². The zero-order valence-electron chi connectivity index (χ0n) is 22.3. The molecule has 3 heteroatoms. The van der Waals surface area contributed by atoms with Gasteiger partial charge in [0.15, 0.2) is 0 Å². The van der Waals surface area contributed by atoms with E-state index in [4.69, 9.17) is 9.97 Å². The number of rotatable bonds is 3. The fourth-order valence-electron chi connectivity index (χ4n) is 5.88. The SMILES string of the molecule is C(/c1cc(-c2cc3ccccc3cn2)c2ccccc2c1)=c1/[nH]/c(=C\c2nccc3ccccc23)c2ccccc12. The maximum absolute atomic E-state index is 4.87. The van der Waals surface area contributed by atoms with E-state index in [0.29, 0.717) is 0 Å². The molecule has 0 saturated carbocycles. The highest BCUT2D eigenvalue weighted by molar-refractivity contribution is 5.99. The summed E-state index contributed by atoms with van der Waals surface area (Å²) in [5, 5.41) is 11.5. The van der Waals surface area contributed by atoms with Crippen LogP contribution in [0.4, 0.5) is 0 Å². The van der Waals surface area contributed by atoms with Gasteiger partial charge in [-0.05, 0) is 63.5 Å². The van der Waals surface area contributed by atoms with Crippen molar-refractivity contribution in [2.45, 2.75) is 0 Å². The molecule has 3 aromatic heterocycles. The van der Waals surface area contributed by atoms with E-state index in [1.165, 1.54) is 32.3 Å². The number of pyridine rings is 2. The van der Waals surface area contributed by atoms with Crippen LogP contribution in [0.15, 0.2) is 134 Å². The Labute approximate surface area is 236 Å². The minimum absolute atomic E-state index is 0.956. The molecular weight excluding hydrogens is 498 g/mol. The lowest BCUT2D eigenvalue weighted by molar-refractivity contribution is 1.26. The first-order valence-electron chi connectivity index (χ1n) is 13.8. The molecule has 1 N–H and O–H groups in total. The van der Waals surface area contributed by atoms with Gasteiger partial charge in [0.25, 0.3) is 0 Å². The summed E-state index contributed by atoms with van der Waals surface area (Å²) in [6, 6.07) is 42.6.